The molecule has 17 heavy (non-hydrogen) atoms. The quantitative estimate of drug-likeness (QED) is 0.638. The van der Waals surface area contributed by atoms with Crippen molar-refractivity contribution in [3.63, 3.8) is 0 Å². The van der Waals surface area contributed by atoms with Crippen LogP contribution in [0.3, 0.4) is 0 Å². The van der Waals surface area contributed by atoms with E-state index in [0.717, 1.165) is 12.3 Å². The van der Waals surface area contributed by atoms with Gasteiger partial charge in [-0.1, -0.05) is 20.3 Å². The average Bonchev–Trinajstić information content (AvgIpc) is 2.26. The Hall–Kier alpha value is 0.0700. The van der Waals surface area contributed by atoms with E-state index < -0.39 is 0 Å². The topological polar surface area (TPSA) is 41.1 Å². The van der Waals surface area contributed by atoms with Gasteiger partial charge in [0, 0.05) is 12.6 Å². The normalized spacial score (nSPS) is 13.6. The summed E-state index contributed by atoms with van der Waals surface area (Å²) in [5.74, 6) is 1.24. The molecule has 0 bridgehead atoms. The lowest BCUT2D eigenvalue weighted by Crippen LogP contribution is -2.41. The molecule has 0 spiro atoms. The number of carbonyl (C=O) groups is 1. The molecule has 0 aromatic heterocycles. The number of hydrogen-bond donors (Lipinski definition) is 2. The Kier molecular flexibility index (Phi) is 14.3. The minimum atomic E-state index is 0. The van der Waals surface area contributed by atoms with E-state index in [1.165, 1.54) is 12.8 Å². The third kappa shape index (κ3) is 10.9. The summed E-state index contributed by atoms with van der Waals surface area (Å²) in [5, 5.41) is 6.31. The SMILES string of the molecule is CCCCSC(C)C(=O)NC[C@@H](C)NCC.Cl. The van der Waals surface area contributed by atoms with Crippen LogP contribution in [0.25, 0.3) is 0 Å². The average molecular weight is 283 g/mol. The molecule has 0 aliphatic carbocycles. The summed E-state index contributed by atoms with van der Waals surface area (Å²) in [6.45, 7) is 9.96. The molecular formula is C12H27ClN2OS. The van der Waals surface area contributed by atoms with E-state index in [2.05, 4.69) is 31.4 Å². The summed E-state index contributed by atoms with van der Waals surface area (Å²) in [5.41, 5.74) is 0. The van der Waals surface area contributed by atoms with Crippen molar-refractivity contribution in [2.45, 2.75) is 51.8 Å². The standard InChI is InChI=1S/C12H26N2OS.ClH/c1-5-7-8-16-11(4)12(15)14-9-10(3)13-6-2;/h10-11,13H,5-9H2,1-4H3,(H,14,15);1H/t10-,11?;/m1./s1. The molecule has 0 heterocycles. The van der Waals surface area contributed by atoms with Crippen molar-refractivity contribution in [2.75, 3.05) is 18.8 Å². The van der Waals surface area contributed by atoms with Gasteiger partial charge in [0.05, 0.1) is 5.25 Å². The van der Waals surface area contributed by atoms with Gasteiger partial charge >= 0.3 is 0 Å². The molecule has 0 rings (SSSR count). The Balaban J connectivity index is 0. The molecule has 2 atom stereocenters. The van der Waals surface area contributed by atoms with Crippen molar-refractivity contribution in [3.8, 4) is 0 Å². The molecule has 2 N–H and O–H groups in total. The predicted molar refractivity (Wildman–Crippen MR) is 80.2 cm³/mol. The molecule has 0 saturated carbocycles. The molecule has 3 nitrogen and oxygen atoms in total. The van der Waals surface area contributed by atoms with Crippen molar-refractivity contribution >= 4 is 30.1 Å². The number of carbonyl (C=O) groups excluding carboxylic acids is 1. The molecule has 0 fully saturated rings. The lowest BCUT2D eigenvalue weighted by Gasteiger charge is -2.16. The first-order valence-electron chi connectivity index (χ1n) is 6.24. The zero-order valence-electron chi connectivity index (χ0n) is 11.4. The van der Waals surface area contributed by atoms with E-state index in [4.69, 9.17) is 0 Å². The number of rotatable bonds is 9. The Morgan fingerprint density at radius 2 is 1.94 bits per heavy atom. The molecule has 5 heteroatoms. The van der Waals surface area contributed by atoms with Crippen LogP contribution in [-0.4, -0.2) is 36.0 Å². The number of thioether (sulfide) groups is 1. The third-order valence-corrected chi connectivity index (χ3v) is 3.61. The molecule has 0 aliphatic heterocycles. The molecule has 1 amide bonds. The first kappa shape index (κ1) is 19.4. The van der Waals surface area contributed by atoms with Gasteiger partial charge in [-0.25, -0.2) is 0 Å². The van der Waals surface area contributed by atoms with Crippen LogP contribution < -0.4 is 10.6 Å². The van der Waals surface area contributed by atoms with E-state index in [9.17, 15) is 4.79 Å². The molecule has 0 saturated heterocycles. The molecule has 104 valence electrons. The maximum absolute atomic E-state index is 11.7. The largest absolute Gasteiger partial charge is 0.354 e. The molecule has 0 aromatic rings. The summed E-state index contributed by atoms with van der Waals surface area (Å²) in [4.78, 5) is 11.7. The number of amides is 1. The summed E-state index contributed by atoms with van der Waals surface area (Å²) < 4.78 is 0. The van der Waals surface area contributed by atoms with E-state index in [1.54, 1.807) is 11.8 Å². The second kappa shape index (κ2) is 12.5. The van der Waals surface area contributed by atoms with Crippen LogP contribution in [0.15, 0.2) is 0 Å². The Labute approximate surface area is 116 Å². The van der Waals surface area contributed by atoms with Crippen LogP contribution in [-0.2, 0) is 4.79 Å². The van der Waals surface area contributed by atoms with Crippen molar-refractivity contribution in [1.82, 2.24) is 10.6 Å². The number of nitrogens with one attached hydrogen (secondary N) is 2. The first-order valence-corrected chi connectivity index (χ1v) is 7.29. The van der Waals surface area contributed by atoms with Crippen LogP contribution >= 0.6 is 24.2 Å². The van der Waals surface area contributed by atoms with Gasteiger partial charge in [-0.3, -0.25) is 4.79 Å². The number of hydrogen-bond acceptors (Lipinski definition) is 3. The van der Waals surface area contributed by atoms with Gasteiger partial charge in [0.1, 0.15) is 0 Å². The lowest BCUT2D eigenvalue weighted by atomic mass is 10.3. The highest BCUT2D eigenvalue weighted by Crippen LogP contribution is 2.12. The zero-order valence-corrected chi connectivity index (χ0v) is 13.0. The second-order valence-corrected chi connectivity index (χ2v) is 5.52. The van der Waals surface area contributed by atoms with E-state index in [0.29, 0.717) is 12.6 Å². The first-order chi connectivity index (χ1) is 7.61. The minimum absolute atomic E-state index is 0. The minimum Gasteiger partial charge on any atom is -0.354 e. The zero-order chi connectivity index (χ0) is 12.4. The Morgan fingerprint density at radius 3 is 2.47 bits per heavy atom. The fourth-order valence-electron chi connectivity index (χ4n) is 1.30. The maximum atomic E-state index is 11.7. The number of unbranched alkanes of at least 4 members (excludes halogenated alkanes) is 1. The Bertz CT molecular complexity index is 193. The van der Waals surface area contributed by atoms with Crippen LogP contribution in [0.2, 0.25) is 0 Å². The third-order valence-electron chi connectivity index (χ3n) is 2.37. The summed E-state index contributed by atoms with van der Waals surface area (Å²) in [6.07, 6.45) is 2.38. The van der Waals surface area contributed by atoms with Crippen molar-refractivity contribution < 1.29 is 4.79 Å². The number of likely N-dealkylation sites (N-methyl/N-ethyl adjacent to an activating group) is 1. The maximum Gasteiger partial charge on any atom is 0.232 e. The highest BCUT2D eigenvalue weighted by atomic mass is 35.5. The second-order valence-electron chi connectivity index (χ2n) is 4.07. The van der Waals surface area contributed by atoms with Crippen LogP contribution in [0.4, 0.5) is 0 Å². The van der Waals surface area contributed by atoms with Gasteiger partial charge < -0.3 is 10.6 Å². The molecule has 0 aliphatic rings. The summed E-state index contributed by atoms with van der Waals surface area (Å²) in [7, 11) is 0. The van der Waals surface area contributed by atoms with Crippen LogP contribution in [0, 0.1) is 0 Å². The van der Waals surface area contributed by atoms with Gasteiger partial charge in [0.25, 0.3) is 0 Å². The highest BCUT2D eigenvalue weighted by molar-refractivity contribution is 8.00. The van der Waals surface area contributed by atoms with Gasteiger partial charge in [-0.2, -0.15) is 0 Å². The van der Waals surface area contributed by atoms with Crippen molar-refractivity contribution in [3.05, 3.63) is 0 Å². The summed E-state index contributed by atoms with van der Waals surface area (Å²) >= 11 is 1.74. The van der Waals surface area contributed by atoms with Gasteiger partial charge in [-0.15, -0.1) is 24.2 Å². The van der Waals surface area contributed by atoms with Crippen LogP contribution in [0.1, 0.15) is 40.5 Å². The van der Waals surface area contributed by atoms with Crippen molar-refractivity contribution in [1.29, 1.82) is 0 Å². The van der Waals surface area contributed by atoms with Gasteiger partial charge in [0.15, 0.2) is 0 Å². The Morgan fingerprint density at radius 1 is 1.29 bits per heavy atom. The molecule has 1 unspecified atom stereocenters. The number of halogens is 1. The molecule has 0 radical (unpaired) electrons. The predicted octanol–water partition coefficient (Wildman–Crippen LogP) is 2.44. The monoisotopic (exact) mass is 282 g/mol. The van der Waals surface area contributed by atoms with Gasteiger partial charge in [-0.05, 0) is 32.6 Å². The molecular weight excluding hydrogens is 256 g/mol. The van der Waals surface area contributed by atoms with E-state index in [1.807, 2.05) is 6.92 Å². The fourth-order valence-corrected chi connectivity index (χ4v) is 2.34. The van der Waals surface area contributed by atoms with Crippen molar-refractivity contribution in [2.24, 2.45) is 0 Å². The van der Waals surface area contributed by atoms with Gasteiger partial charge in [0.2, 0.25) is 5.91 Å². The van der Waals surface area contributed by atoms with E-state index >= 15 is 0 Å². The smallest absolute Gasteiger partial charge is 0.232 e. The van der Waals surface area contributed by atoms with Crippen LogP contribution in [0.5, 0.6) is 0 Å². The fraction of sp³-hybridized carbons (Fsp3) is 0.917. The summed E-state index contributed by atoms with van der Waals surface area (Å²) in [6, 6.07) is 0.349. The van der Waals surface area contributed by atoms with E-state index in [-0.39, 0.29) is 23.6 Å². The lowest BCUT2D eigenvalue weighted by molar-refractivity contribution is -0.120. The molecule has 0 aromatic carbocycles. The highest BCUT2D eigenvalue weighted by Gasteiger charge is 2.13.